The van der Waals surface area contributed by atoms with Gasteiger partial charge < -0.3 is 4.74 Å². The highest BCUT2D eigenvalue weighted by atomic mass is 32.2. The number of benzene rings is 3. The van der Waals surface area contributed by atoms with Crippen molar-refractivity contribution in [1.82, 2.24) is 4.57 Å². The highest BCUT2D eigenvalue weighted by molar-refractivity contribution is 7.92. The van der Waals surface area contributed by atoms with Crippen LogP contribution in [0.4, 0.5) is 5.82 Å². The predicted molar refractivity (Wildman–Crippen MR) is 137 cm³/mol. The molecule has 0 saturated heterocycles. The van der Waals surface area contributed by atoms with Crippen LogP contribution >= 0.6 is 0 Å². The van der Waals surface area contributed by atoms with Gasteiger partial charge in [0, 0.05) is 22.8 Å². The Morgan fingerprint density at radius 3 is 2.28 bits per heavy atom. The highest BCUT2D eigenvalue weighted by Crippen LogP contribution is 2.40. The van der Waals surface area contributed by atoms with E-state index in [1.165, 1.54) is 30.7 Å². The van der Waals surface area contributed by atoms with E-state index in [-0.39, 0.29) is 10.7 Å². The van der Waals surface area contributed by atoms with Crippen molar-refractivity contribution in [3.8, 4) is 5.75 Å². The molecule has 0 bridgehead atoms. The number of fused-ring (bicyclic) bond motifs is 1. The molecular formula is C26H25N3O6S. The van der Waals surface area contributed by atoms with Crippen molar-refractivity contribution in [2.45, 2.75) is 24.7 Å². The molecule has 4 aromatic rings. The number of nitro groups is 1. The van der Waals surface area contributed by atoms with Crippen LogP contribution in [0.2, 0.25) is 0 Å². The molecule has 36 heavy (non-hydrogen) atoms. The maximum Gasteiger partial charge on any atom is 0.263 e. The molecule has 9 nitrogen and oxygen atoms in total. The van der Waals surface area contributed by atoms with Crippen molar-refractivity contribution in [2.24, 2.45) is 0 Å². The molecule has 4 rings (SSSR count). The van der Waals surface area contributed by atoms with Crippen LogP contribution in [0.3, 0.4) is 0 Å². The number of hydrogen-bond acceptors (Lipinski definition) is 6. The Morgan fingerprint density at radius 1 is 1.06 bits per heavy atom. The summed E-state index contributed by atoms with van der Waals surface area (Å²) < 4.78 is 35.8. The van der Waals surface area contributed by atoms with Gasteiger partial charge in [0.05, 0.1) is 23.4 Å². The van der Waals surface area contributed by atoms with E-state index >= 15 is 0 Å². The summed E-state index contributed by atoms with van der Waals surface area (Å²) in [6, 6.07) is 19.9. The molecule has 0 fully saturated rings. The minimum atomic E-state index is -4.12. The third kappa shape index (κ3) is 4.80. The largest absolute Gasteiger partial charge is 0.497 e. The van der Waals surface area contributed by atoms with Crippen LogP contribution in [-0.4, -0.2) is 37.5 Å². The second kappa shape index (κ2) is 9.82. The standard InChI is InChI=1S/C26H25N3O6S/c1-17-8-14-21(15-9-17)36(33,34)27-26-25(22-6-4-5-7-24(22)29(26)18(2)30)23(16-28(31)32)19-10-12-20(35-3)13-11-19/h4-15,23,27H,16H2,1-3H3/t23-/m0/s1. The summed E-state index contributed by atoms with van der Waals surface area (Å²) in [5, 5.41) is 12.3. The number of hydrogen-bond donors (Lipinski definition) is 1. The monoisotopic (exact) mass is 507 g/mol. The third-order valence-electron chi connectivity index (χ3n) is 5.99. The molecule has 0 aliphatic heterocycles. The van der Waals surface area contributed by atoms with Gasteiger partial charge in [-0.1, -0.05) is 48.0 Å². The van der Waals surface area contributed by atoms with Gasteiger partial charge in [0.15, 0.2) is 0 Å². The number of methoxy groups -OCH3 is 1. The number of aryl methyl sites for hydroxylation is 1. The minimum Gasteiger partial charge on any atom is -0.497 e. The summed E-state index contributed by atoms with van der Waals surface area (Å²) in [7, 11) is -2.61. The number of ether oxygens (including phenoxy) is 1. The van der Waals surface area contributed by atoms with Gasteiger partial charge in [-0.2, -0.15) is 0 Å². The van der Waals surface area contributed by atoms with Gasteiger partial charge in [-0.25, -0.2) is 8.42 Å². The van der Waals surface area contributed by atoms with Gasteiger partial charge >= 0.3 is 0 Å². The zero-order valence-corrected chi connectivity index (χ0v) is 20.8. The summed E-state index contributed by atoms with van der Waals surface area (Å²) in [6.45, 7) is 2.64. The smallest absolute Gasteiger partial charge is 0.263 e. The van der Waals surface area contributed by atoms with Crippen LogP contribution in [0.5, 0.6) is 5.75 Å². The van der Waals surface area contributed by atoms with Crippen molar-refractivity contribution in [3.05, 3.63) is 99.6 Å². The van der Waals surface area contributed by atoms with Crippen LogP contribution in [0.1, 0.15) is 34.3 Å². The lowest BCUT2D eigenvalue weighted by Gasteiger charge is -2.18. The van der Waals surface area contributed by atoms with Gasteiger partial charge in [0.1, 0.15) is 11.6 Å². The molecule has 0 aliphatic carbocycles. The number of para-hydroxylation sites is 1. The zero-order chi connectivity index (χ0) is 26.0. The molecule has 1 N–H and O–H groups in total. The molecule has 0 radical (unpaired) electrons. The number of carbonyl (C=O) groups is 1. The van der Waals surface area contributed by atoms with Gasteiger partial charge in [0.25, 0.3) is 10.0 Å². The van der Waals surface area contributed by atoms with E-state index in [9.17, 15) is 23.3 Å². The molecule has 1 heterocycles. The fourth-order valence-electron chi connectivity index (χ4n) is 4.30. The lowest BCUT2D eigenvalue weighted by atomic mass is 9.90. The minimum absolute atomic E-state index is 0.00896. The third-order valence-corrected chi connectivity index (χ3v) is 7.34. The quantitative estimate of drug-likeness (QED) is 0.269. The molecule has 0 unspecified atom stereocenters. The van der Waals surface area contributed by atoms with Gasteiger partial charge in [-0.15, -0.1) is 0 Å². The Labute approximate surface area is 208 Å². The van der Waals surface area contributed by atoms with Crippen LogP contribution in [0.15, 0.2) is 77.7 Å². The Balaban J connectivity index is 2.00. The van der Waals surface area contributed by atoms with E-state index in [1.54, 1.807) is 60.7 Å². The maximum atomic E-state index is 13.4. The number of aromatic nitrogens is 1. The van der Waals surface area contributed by atoms with E-state index in [4.69, 9.17) is 4.74 Å². The summed E-state index contributed by atoms with van der Waals surface area (Å²) in [5.41, 5.74) is 2.26. The van der Waals surface area contributed by atoms with Gasteiger partial charge in [-0.05, 0) is 42.8 Å². The van der Waals surface area contributed by atoms with E-state index in [2.05, 4.69) is 4.72 Å². The summed E-state index contributed by atoms with van der Waals surface area (Å²) in [5.74, 6) is -0.738. The number of sulfonamides is 1. The Hall–Kier alpha value is -4.18. The maximum absolute atomic E-state index is 13.4. The van der Waals surface area contributed by atoms with E-state index in [1.807, 2.05) is 6.92 Å². The lowest BCUT2D eigenvalue weighted by molar-refractivity contribution is -0.481. The topological polar surface area (TPSA) is 121 Å². The molecule has 3 aromatic carbocycles. The van der Waals surface area contributed by atoms with Crippen molar-refractivity contribution >= 4 is 32.7 Å². The van der Waals surface area contributed by atoms with Crippen LogP contribution in [0, 0.1) is 17.0 Å². The SMILES string of the molecule is COc1ccc([C@H](C[N+](=O)[O-])c2c(NS(=O)(=O)c3ccc(C)cc3)n(C(C)=O)c3ccccc23)cc1. The average molecular weight is 508 g/mol. The van der Waals surface area contributed by atoms with Crippen LogP contribution in [0.25, 0.3) is 10.9 Å². The second-order valence-corrected chi connectivity index (χ2v) is 10.1. The Bertz CT molecular complexity index is 1540. The average Bonchev–Trinajstić information content (AvgIpc) is 3.15. The first-order chi connectivity index (χ1) is 17.1. The number of rotatable bonds is 8. The predicted octanol–water partition coefficient (Wildman–Crippen LogP) is 4.83. The van der Waals surface area contributed by atoms with Gasteiger partial charge in [-0.3, -0.25) is 24.2 Å². The van der Waals surface area contributed by atoms with E-state index in [0.29, 0.717) is 27.8 Å². The van der Waals surface area contributed by atoms with Crippen molar-refractivity contribution < 1.29 is 22.9 Å². The van der Waals surface area contributed by atoms with Crippen molar-refractivity contribution in [2.75, 3.05) is 18.4 Å². The first-order valence-corrected chi connectivity index (χ1v) is 12.6. The van der Waals surface area contributed by atoms with Crippen LogP contribution < -0.4 is 9.46 Å². The number of anilines is 1. The molecule has 10 heteroatoms. The highest BCUT2D eigenvalue weighted by Gasteiger charge is 2.32. The second-order valence-electron chi connectivity index (χ2n) is 8.39. The molecule has 1 aromatic heterocycles. The summed E-state index contributed by atoms with van der Waals surface area (Å²) in [6.07, 6.45) is 0. The molecule has 0 saturated carbocycles. The van der Waals surface area contributed by atoms with Crippen molar-refractivity contribution in [3.63, 3.8) is 0 Å². The fourth-order valence-corrected chi connectivity index (χ4v) is 5.37. The molecular weight excluding hydrogens is 482 g/mol. The normalized spacial score (nSPS) is 12.3. The van der Waals surface area contributed by atoms with Gasteiger partial charge in [0.2, 0.25) is 12.5 Å². The first-order valence-electron chi connectivity index (χ1n) is 11.1. The van der Waals surface area contributed by atoms with Crippen LogP contribution in [-0.2, 0) is 10.0 Å². The number of nitrogens with one attached hydrogen (secondary N) is 1. The fraction of sp³-hybridized carbons (Fsp3) is 0.192. The Kier molecular flexibility index (Phi) is 6.80. The number of nitrogens with zero attached hydrogens (tertiary/aromatic N) is 2. The molecule has 0 spiro atoms. The van der Waals surface area contributed by atoms with Crippen molar-refractivity contribution in [1.29, 1.82) is 0 Å². The molecule has 1 atom stereocenters. The Morgan fingerprint density at radius 2 is 1.69 bits per heavy atom. The van der Waals surface area contributed by atoms with E-state index in [0.717, 1.165) is 5.56 Å². The molecule has 0 aliphatic rings. The molecule has 186 valence electrons. The first kappa shape index (κ1) is 24.9. The summed E-state index contributed by atoms with van der Waals surface area (Å²) >= 11 is 0. The number of carbonyl (C=O) groups excluding carboxylic acids is 1. The zero-order valence-electron chi connectivity index (χ0n) is 20.0. The lowest BCUT2D eigenvalue weighted by Crippen LogP contribution is -2.21. The molecule has 0 amide bonds. The van der Waals surface area contributed by atoms with E-state index < -0.39 is 33.3 Å². The summed E-state index contributed by atoms with van der Waals surface area (Å²) in [4.78, 5) is 24.1.